The van der Waals surface area contributed by atoms with E-state index in [9.17, 15) is 4.79 Å². The van der Waals surface area contributed by atoms with Gasteiger partial charge in [-0.3, -0.25) is 4.79 Å². The van der Waals surface area contributed by atoms with E-state index >= 15 is 0 Å². The average molecular weight is 226 g/mol. The summed E-state index contributed by atoms with van der Waals surface area (Å²) in [6.45, 7) is 4.05. The Kier molecular flexibility index (Phi) is 1.93. The maximum atomic E-state index is 12.1. The normalized spacial score (nSPS) is 16.7. The summed E-state index contributed by atoms with van der Waals surface area (Å²) in [5.41, 5.74) is 2.52. The Bertz CT molecular complexity index is 596. The van der Waals surface area contributed by atoms with E-state index in [0.717, 1.165) is 11.3 Å². The van der Waals surface area contributed by atoms with Gasteiger partial charge >= 0.3 is 0 Å². The van der Waals surface area contributed by atoms with Crippen LogP contribution in [0.5, 0.6) is 0 Å². The molecule has 0 saturated carbocycles. The summed E-state index contributed by atoms with van der Waals surface area (Å²) in [4.78, 5) is 12.1. The van der Waals surface area contributed by atoms with E-state index in [0.29, 0.717) is 5.69 Å². The maximum Gasteiger partial charge on any atom is 0.268 e. The lowest BCUT2D eigenvalue weighted by molar-refractivity contribution is 0.0910. The van der Waals surface area contributed by atoms with E-state index in [4.69, 9.17) is 0 Å². The van der Waals surface area contributed by atoms with Gasteiger partial charge in [0.25, 0.3) is 5.91 Å². The molecule has 17 heavy (non-hydrogen) atoms. The van der Waals surface area contributed by atoms with E-state index in [1.807, 2.05) is 54.9 Å². The Morgan fingerprint density at radius 1 is 1.12 bits per heavy atom. The topological polar surface area (TPSA) is 34.0 Å². The number of para-hydroxylation sites is 1. The molecule has 3 nitrogen and oxygen atoms in total. The molecular weight excluding hydrogens is 212 g/mol. The van der Waals surface area contributed by atoms with Crippen LogP contribution in [0.3, 0.4) is 0 Å². The van der Waals surface area contributed by atoms with Crippen LogP contribution in [0.1, 0.15) is 29.9 Å². The van der Waals surface area contributed by atoms with Crippen molar-refractivity contribution < 1.29 is 4.79 Å². The van der Waals surface area contributed by atoms with Gasteiger partial charge in [-0.25, -0.2) is 0 Å². The lowest BCUT2D eigenvalue weighted by Crippen LogP contribution is -2.39. The highest BCUT2D eigenvalue weighted by Gasteiger charge is 2.31. The number of hydrogen-bond acceptors (Lipinski definition) is 1. The van der Waals surface area contributed by atoms with Crippen molar-refractivity contribution in [1.82, 2.24) is 9.88 Å². The van der Waals surface area contributed by atoms with Crippen LogP contribution in [0.25, 0.3) is 5.69 Å². The lowest BCUT2D eigenvalue weighted by atomic mass is 9.93. The van der Waals surface area contributed by atoms with Crippen LogP contribution < -0.4 is 5.32 Å². The van der Waals surface area contributed by atoms with E-state index in [2.05, 4.69) is 11.4 Å². The molecule has 0 bridgehead atoms. The van der Waals surface area contributed by atoms with Gasteiger partial charge in [0.1, 0.15) is 5.69 Å². The number of carbonyl (C=O) groups is 1. The summed E-state index contributed by atoms with van der Waals surface area (Å²) < 4.78 is 1.94. The summed E-state index contributed by atoms with van der Waals surface area (Å²) >= 11 is 0. The standard InChI is InChI=1S/C14H14N2O/c1-14(2)10-6-3-4-7-11(10)16-9-5-8-12(16)13(17)15-14/h3-9H,1-2H3,(H,15,17). The molecule has 3 heteroatoms. The molecule has 1 aromatic heterocycles. The second kappa shape index (κ2) is 3.23. The third-order valence-corrected chi connectivity index (χ3v) is 3.24. The van der Waals surface area contributed by atoms with Crippen LogP contribution >= 0.6 is 0 Å². The van der Waals surface area contributed by atoms with E-state index in [1.54, 1.807) is 0 Å². The fourth-order valence-electron chi connectivity index (χ4n) is 2.40. The smallest absolute Gasteiger partial charge is 0.268 e. The highest BCUT2D eigenvalue weighted by atomic mass is 16.2. The molecule has 1 aliphatic rings. The third-order valence-electron chi connectivity index (χ3n) is 3.24. The number of amides is 1. The van der Waals surface area contributed by atoms with Crippen molar-refractivity contribution in [3.63, 3.8) is 0 Å². The predicted molar refractivity (Wildman–Crippen MR) is 66.3 cm³/mol. The number of carbonyl (C=O) groups excluding carboxylic acids is 1. The lowest BCUT2D eigenvalue weighted by Gasteiger charge is -2.26. The molecule has 2 heterocycles. The Morgan fingerprint density at radius 2 is 1.88 bits per heavy atom. The van der Waals surface area contributed by atoms with Gasteiger partial charge in [-0.2, -0.15) is 0 Å². The highest BCUT2D eigenvalue weighted by Crippen LogP contribution is 2.30. The number of nitrogens with one attached hydrogen (secondary N) is 1. The highest BCUT2D eigenvalue weighted by molar-refractivity contribution is 5.95. The zero-order valence-electron chi connectivity index (χ0n) is 9.90. The first kappa shape index (κ1) is 10.1. The van der Waals surface area contributed by atoms with Crippen LogP contribution in [0.4, 0.5) is 0 Å². The molecule has 0 fully saturated rings. The molecule has 1 N–H and O–H groups in total. The summed E-state index contributed by atoms with van der Waals surface area (Å²) in [5, 5.41) is 3.06. The van der Waals surface area contributed by atoms with Gasteiger partial charge in [0, 0.05) is 11.8 Å². The van der Waals surface area contributed by atoms with Gasteiger partial charge in [0.2, 0.25) is 0 Å². The van der Waals surface area contributed by atoms with Crippen molar-refractivity contribution in [3.8, 4) is 5.69 Å². The fraction of sp³-hybridized carbons (Fsp3) is 0.214. The molecule has 1 aromatic carbocycles. The molecular formula is C14H14N2O. The van der Waals surface area contributed by atoms with Crippen LogP contribution in [0, 0.1) is 0 Å². The van der Waals surface area contributed by atoms with Crippen molar-refractivity contribution in [2.75, 3.05) is 0 Å². The first-order valence-electron chi connectivity index (χ1n) is 5.69. The Balaban J connectivity index is 2.36. The second-order valence-electron chi connectivity index (χ2n) is 4.86. The molecule has 0 unspecified atom stereocenters. The molecule has 3 rings (SSSR count). The van der Waals surface area contributed by atoms with Crippen molar-refractivity contribution >= 4 is 5.91 Å². The van der Waals surface area contributed by atoms with Crippen molar-refractivity contribution in [2.45, 2.75) is 19.4 Å². The van der Waals surface area contributed by atoms with Gasteiger partial charge in [0.15, 0.2) is 0 Å². The summed E-state index contributed by atoms with van der Waals surface area (Å²) in [5.74, 6) is -0.0313. The van der Waals surface area contributed by atoms with Gasteiger partial charge in [-0.1, -0.05) is 18.2 Å². The molecule has 0 saturated heterocycles. The van der Waals surface area contributed by atoms with Gasteiger partial charge in [0.05, 0.1) is 11.2 Å². The van der Waals surface area contributed by atoms with Crippen molar-refractivity contribution in [1.29, 1.82) is 0 Å². The second-order valence-corrected chi connectivity index (χ2v) is 4.86. The minimum Gasteiger partial charge on any atom is -0.342 e. The summed E-state index contributed by atoms with van der Waals surface area (Å²) in [6, 6.07) is 11.8. The van der Waals surface area contributed by atoms with E-state index in [1.165, 1.54) is 0 Å². The quantitative estimate of drug-likeness (QED) is 0.735. The van der Waals surface area contributed by atoms with Crippen molar-refractivity contribution in [2.24, 2.45) is 0 Å². The molecule has 0 atom stereocenters. The molecule has 2 aromatic rings. The van der Waals surface area contributed by atoms with Crippen LogP contribution in [0.2, 0.25) is 0 Å². The molecule has 1 amide bonds. The third kappa shape index (κ3) is 1.39. The van der Waals surface area contributed by atoms with Crippen LogP contribution in [-0.2, 0) is 5.54 Å². The number of hydrogen-bond donors (Lipinski definition) is 1. The summed E-state index contributed by atoms with van der Waals surface area (Å²) in [6.07, 6.45) is 1.93. The van der Waals surface area contributed by atoms with Gasteiger partial charge in [-0.05, 0) is 32.0 Å². The molecule has 0 spiro atoms. The number of rotatable bonds is 0. The molecule has 1 aliphatic heterocycles. The number of aromatic nitrogens is 1. The zero-order chi connectivity index (χ0) is 12.0. The minimum absolute atomic E-state index is 0.0313. The number of benzene rings is 1. The summed E-state index contributed by atoms with van der Waals surface area (Å²) in [7, 11) is 0. The zero-order valence-corrected chi connectivity index (χ0v) is 9.90. The first-order valence-corrected chi connectivity index (χ1v) is 5.69. The van der Waals surface area contributed by atoms with Crippen LogP contribution in [-0.4, -0.2) is 10.5 Å². The van der Waals surface area contributed by atoms with Crippen molar-refractivity contribution in [3.05, 3.63) is 53.9 Å². The largest absolute Gasteiger partial charge is 0.342 e. The molecule has 0 aliphatic carbocycles. The van der Waals surface area contributed by atoms with E-state index < -0.39 is 0 Å². The molecule has 0 radical (unpaired) electrons. The minimum atomic E-state index is -0.354. The van der Waals surface area contributed by atoms with E-state index in [-0.39, 0.29) is 11.4 Å². The SMILES string of the molecule is CC1(C)NC(=O)c2cccn2-c2ccccc21. The Labute approximate surface area is 100 Å². The average Bonchev–Trinajstić information content (AvgIpc) is 2.74. The Hall–Kier alpha value is -2.03. The van der Waals surface area contributed by atoms with Crippen LogP contribution in [0.15, 0.2) is 42.6 Å². The first-order chi connectivity index (χ1) is 8.09. The predicted octanol–water partition coefficient (Wildman–Crippen LogP) is 2.46. The fourth-order valence-corrected chi connectivity index (χ4v) is 2.40. The number of nitrogens with zero attached hydrogens (tertiary/aromatic N) is 1. The Morgan fingerprint density at radius 3 is 2.71 bits per heavy atom. The maximum absolute atomic E-state index is 12.1. The van der Waals surface area contributed by atoms with Gasteiger partial charge < -0.3 is 9.88 Å². The monoisotopic (exact) mass is 226 g/mol. The van der Waals surface area contributed by atoms with Gasteiger partial charge in [-0.15, -0.1) is 0 Å². The molecule has 86 valence electrons. The number of fused-ring (bicyclic) bond motifs is 3.